The maximum absolute atomic E-state index is 12.9. The Bertz CT molecular complexity index is 961. The van der Waals surface area contributed by atoms with Crippen molar-refractivity contribution in [2.45, 2.75) is 19.6 Å². The summed E-state index contributed by atoms with van der Waals surface area (Å²) in [5.74, 6) is -0.770. The first-order valence-corrected chi connectivity index (χ1v) is 10.3. The minimum atomic E-state index is -4.68. The minimum Gasteiger partial charge on any atom is -0.325 e. The highest BCUT2D eigenvalue weighted by Crippen LogP contribution is 2.36. The molecule has 152 valence electrons. The van der Waals surface area contributed by atoms with Gasteiger partial charge in [0.05, 0.1) is 23.4 Å². The Morgan fingerprint density at radius 3 is 2.29 bits per heavy atom. The molecule has 0 bridgehead atoms. The number of alkyl halides is 3. The summed E-state index contributed by atoms with van der Waals surface area (Å²) < 4.78 is 63.7. The van der Waals surface area contributed by atoms with Gasteiger partial charge in [-0.25, -0.2) is 8.42 Å². The van der Waals surface area contributed by atoms with E-state index in [-0.39, 0.29) is 12.2 Å². The Balaban J connectivity index is 2.15. The SMILES string of the molecule is Cc1ccc(CN(CC(=O)Nc2ccc(Cl)c(C(F)(F)F)c2)S(C)(=O)=O)cc1. The first kappa shape index (κ1) is 22.2. The van der Waals surface area contributed by atoms with Gasteiger partial charge in [-0.15, -0.1) is 0 Å². The number of hydrogen-bond acceptors (Lipinski definition) is 3. The van der Waals surface area contributed by atoms with Crippen LogP contribution in [-0.2, 0) is 27.5 Å². The number of nitrogens with one attached hydrogen (secondary N) is 1. The van der Waals surface area contributed by atoms with Gasteiger partial charge in [0.1, 0.15) is 0 Å². The van der Waals surface area contributed by atoms with E-state index in [1.807, 2.05) is 19.1 Å². The number of nitrogens with zero attached hydrogens (tertiary/aromatic N) is 1. The van der Waals surface area contributed by atoms with Gasteiger partial charge in [-0.3, -0.25) is 4.79 Å². The zero-order valence-electron chi connectivity index (χ0n) is 15.0. The van der Waals surface area contributed by atoms with Crippen molar-refractivity contribution in [2.24, 2.45) is 0 Å². The predicted octanol–water partition coefficient (Wildman–Crippen LogP) is 4.07. The van der Waals surface area contributed by atoms with Crippen LogP contribution in [0.25, 0.3) is 0 Å². The lowest BCUT2D eigenvalue weighted by molar-refractivity contribution is -0.137. The molecule has 0 aliphatic heterocycles. The summed E-state index contributed by atoms with van der Waals surface area (Å²) in [4.78, 5) is 12.2. The van der Waals surface area contributed by atoms with Crippen molar-refractivity contribution < 1.29 is 26.4 Å². The maximum atomic E-state index is 12.9. The zero-order chi connectivity index (χ0) is 21.1. The van der Waals surface area contributed by atoms with Crippen LogP contribution in [0.15, 0.2) is 42.5 Å². The highest BCUT2D eigenvalue weighted by molar-refractivity contribution is 7.88. The molecule has 0 aliphatic rings. The van der Waals surface area contributed by atoms with Crippen molar-refractivity contribution >= 4 is 33.2 Å². The number of rotatable bonds is 6. The maximum Gasteiger partial charge on any atom is 0.417 e. The molecule has 28 heavy (non-hydrogen) atoms. The third-order valence-corrected chi connectivity index (χ3v) is 5.35. The molecule has 1 N–H and O–H groups in total. The highest BCUT2D eigenvalue weighted by Gasteiger charge is 2.33. The van der Waals surface area contributed by atoms with Crippen LogP contribution in [0.4, 0.5) is 18.9 Å². The fraction of sp³-hybridized carbons (Fsp3) is 0.278. The van der Waals surface area contributed by atoms with E-state index >= 15 is 0 Å². The Morgan fingerprint density at radius 2 is 1.75 bits per heavy atom. The normalized spacial score (nSPS) is 12.2. The molecule has 0 unspecified atom stereocenters. The molecule has 0 radical (unpaired) electrons. The Labute approximate surface area is 166 Å². The third-order valence-electron chi connectivity index (χ3n) is 3.82. The summed E-state index contributed by atoms with van der Waals surface area (Å²) >= 11 is 5.54. The first-order chi connectivity index (χ1) is 12.9. The van der Waals surface area contributed by atoms with Gasteiger partial charge in [0.2, 0.25) is 15.9 Å². The van der Waals surface area contributed by atoms with Crippen molar-refractivity contribution in [3.63, 3.8) is 0 Å². The van der Waals surface area contributed by atoms with Gasteiger partial charge >= 0.3 is 6.18 Å². The minimum absolute atomic E-state index is 0.0407. The van der Waals surface area contributed by atoms with E-state index in [0.717, 1.165) is 22.2 Å². The van der Waals surface area contributed by atoms with Crippen molar-refractivity contribution in [1.82, 2.24) is 4.31 Å². The molecule has 5 nitrogen and oxygen atoms in total. The predicted molar refractivity (Wildman–Crippen MR) is 102 cm³/mol. The number of sulfonamides is 1. The van der Waals surface area contributed by atoms with Crippen LogP contribution in [-0.4, -0.2) is 31.4 Å². The molecule has 10 heteroatoms. The van der Waals surface area contributed by atoms with Gasteiger partial charge in [0.25, 0.3) is 0 Å². The first-order valence-electron chi connectivity index (χ1n) is 8.03. The fourth-order valence-corrected chi connectivity index (χ4v) is 3.33. The number of halogens is 4. The van der Waals surface area contributed by atoms with Crippen molar-refractivity contribution in [3.05, 3.63) is 64.2 Å². The van der Waals surface area contributed by atoms with E-state index in [4.69, 9.17) is 11.6 Å². The summed E-state index contributed by atoms with van der Waals surface area (Å²) in [5.41, 5.74) is 0.447. The summed E-state index contributed by atoms with van der Waals surface area (Å²) in [7, 11) is -3.73. The van der Waals surface area contributed by atoms with E-state index in [9.17, 15) is 26.4 Å². The number of aryl methyl sites for hydroxylation is 1. The molecule has 2 aromatic carbocycles. The van der Waals surface area contributed by atoms with Gasteiger partial charge in [0, 0.05) is 12.2 Å². The highest BCUT2D eigenvalue weighted by atomic mass is 35.5. The average molecular weight is 435 g/mol. The number of anilines is 1. The van der Waals surface area contributed by atoms with Gasteiger partial charge in [-0.1, -0.05) is 41.4 Å². The number of benzene rings is 2. The summed E-state index contributed by atoms with van der Waals surface area (Å²) in [6.07, 6.45) is -3.72. The standard InChI is InChI=1S/C18H18ClF3N2O3S/c1-12-3-5-13(6-4-12)10-24(28(2,26)27)11-17(25)23-14-7-8-16(19)15(9-14)18(20,21)22/h3-9H,10-11H2,1-2H3,(H,23,25). The van der Waals surface area contributed by atoms with E-state index in [2.05, 4.69) is 5.32 Å². The molecule has 0 fully saturated rings. The zero-order valence-corrected chi connectivity index (χ0v) is 16.6. The van der Waals surface area contributed by atoms with Crippen molar-refractivity contribution in [1.29, 1.82) is 0 Å². The number of amides is 1. The van der Waals surface area contributed by atoms with Crippen molar-refractivity contribution in [3.8, 4) is 0 Å². The van der Waals surface area contributed by atoms with Crippen LogP contribution in [0, 0.1) is 6.92 Å². The van der Waals surface area contributed by atoms with E-state index < -0.39 is 39.2 Å². The topological polar surface area (TPSA) is 66.5 Å². The van der Waals surface area contributed by atoms with E-state index in [1.54, 1.807) is 12.1 Å². The van der Waals surface area contributed by atoms with Crippen LogP contribution in [0.5, 0.6) is 0 Å². The third kappa shape index (κ3) is 6.22. The van der Waals surface area contributed by atoms with Crippen molar-refractivity contribution in [2.75, 3.05) is 18.1 Å². The van der Waals surface area contributed by atoms with Crippen LogP contribution < -0.4 is 5.32 Å². The Kier molecular flexibility index (Phi) is 6.74. The van der Waals surface area contributed by atoms with Gasteiger partial charge in [0.15, 0.2) is 0 Å². The monoisotopic (exact) mass is 434 g/mol. The number of hydrogen-bond donors (Lipinski definition) is 1. The summed E-state index contributed by atoms with van der Waals surface area (Å²) in [5, 5.41) is 1.78. The van der Waals surface area contributed by atoms with Crippen LogP contribution in [0.1, 0.15) is 16.7 Å². The van der Waals surface area contributed by atoms with Gasteiger partial charge in [-0.05, 0) is 30.7 Å². The second-order valence-electron chi connectivity index (χ2n) is 6.26. The molecular weight excluding hydrogens is 417 g/mol. The quantitative estimate of drug-likeness (QED) is 0.745. The fourth-order valence-electron chi connectivity index (χ4n) is 2.37. The molecule has 0 atom stereocenters. The molecule has 0 saturated heterocycles. The molecule has 2 aromatic rings. The largest absolute Gasteiger partial charge is 0.417 e. The molecular formula is C18H18ClF3N2O3S. The Morgan fingerprint density at radius 1 is 1.14 bits per heavy atom. The summed E-state index contributed by atoms with van der Waals surface area (Å²) in [6.45, 7) is 1.30. The van der Waals surface area contributed by atoms with Crippen LogP contribution in [0.2, 0.25) is 5.02 Å². The molecule has 0 saturated carbocycles. The Hall–Kier alpha value is -2.10. The molecule has 0 spiro atoms. The second-order valence-corrected chi connectivity index (χ2v) is 8.65. The second kappa shape index (κ2) is 8.50. The van der Waals surface area contributed by atoms with E-state index in [1.165, 1.54) is 6.07 Å². The van der Waals surface area contributed by atoms with Crippen LogP contribution in [0.3, 0.4) is 0 Å². The average Bonchev–Trinajstić information content (AvgIpc) is 2.56. The summed E-state index contributed by atoms with van der Waals surface area (Å²) in [6, 6.07) is 10.0. The number of carbonyl (C=O) groups excluding carboxylic acids is 1. The lowest BCUT2D eigenvalue weighted by Gasteiger charge is -2.20. The molecule has 0 aromatic heterocycles. The number of carbonyl (C=O) groups is 1. The van der Waals surface area contributed by atoms with Crippen LogP contribution >= 0.6 is 11.6 Å². The lowest BCUT2D eigenvalue weighted by Crippen LogP contribution is -2.36. The molecule has 0 aliphatic carbocycles. The van der Waals surface area contributed by atoms with Gasteiger partial charge < -0.3 is 5.32 Å². The molecule has 0 heterocycles. The van der Waals surface area contributed by atoms with E-state index in [0.29, 0.717) is 11.6 Å². The molecule has 1 amide bonds. The lowest BCUT2D eigenvalue weighted by atomic mass is 10.1. The van der Waals surface area contributed by atoms with Gasteiger partial charge in [-0.2, -0.15) is 17.5 Å². The smallest absolute Gasteiger partial charge is 0.325 e. The molecule has 2 rings (SSSR count).